The van der Waals surface area contributed by atoms with E-state index in [-0.39, 0.29) is 25.2 Å². The third-order valence-electron chi connectivity index (χ3n) is 2.60. The summed E-state index contributed by atoms with van der Waals surface area (Å²) in [5, 5.41) is 11.8. The summed E-state index contributed by atoms with van der Waals surface area (Å²) in [6, 6.07) is 7.21. The van der Waals surface area contributed by atoms with Crippen LogP contribution in [-0.4, -0.2) is 23.7 Å². The second kappa shape index (κ2) is 7.71. The van der Waals surface area contributed by atoms with Crippen LogP contribution in [0.3, 0.4) is 0 Å². The van der Waals surface area contributed by atoms with Gasteiger partial charge in [0.05, 0.1) is 6.61 Å². The van der Waals surface area contributed by atoms with Crippen LogP contribution in [0.2, 0.25) is 0 Å². The van der Waals surface area contributed by atoms with Gasteiger partial charge in [-0.05, 0) is 31.0 Å². The minimum absolute atomic E-state index is 0.00922. The van der Waals surface area contributed by atoms with Crippen molar-refractivity contribution in [2.45, 2.75) is 39.3 Å². The lowest BCUT2D eigenvalue weighted by molar-refractivity contribution is -0.123. The van der Waals surface area contributed by atoms with Crippen molar-refractivity contribution < 1.29 is 14.6 Å². The number of aliphatic hydroxyl groups excluding tert-OH is 1. The van der Waals surface area contributed by atoms with Crippen molar-refractivity contribution >= 4 is 5.91 Å². The van der Waals surface area contributed by atoms with E-state index in [1.807, 2.05) is 6.92 Å². The van der Waals surface area contributed by atoms with Gasteiger partial charge in [-0.3, -0.25) is 4.79 Å². The van der Waals surface area contributed by atoms with E-state index in [4.69, 9.17) is 9.84 Å². The van der Waals surface area contributed by atoms with E-state index in [1.54, 1.807) is 24.3 Å². The molecule has 0 bridgehead atoms. The van der Waals surface area contributed by atoms with Crippen molar-refractivity contribution in [2.24, 2.45) is 0 Å². The fraction of sp³-hybridized carbons (Fsp3) is 0.500. The van der Waals surface area contributed by atoms with E-state index in [9.17, 15) is 4.79 Å². The Morgan fingerprint density at radius 2 is 2.06 bits per heavy atom. The molecule has 100 valence electrons. The summed E-state index contributed by atoms with van der Waals surface area (Å²) >= 11 is 0. The Labute approximate surface area is 108 Å². The first-order chi connectivity index (χ1) is 8.65. The first-order valence-electron chi connectivity index (χ1n) is 6.27. The van der Waals surface area contributed by atoms with Crippen LogP contribution in [0, 0.1) is 0 Å². The minimum Gasteiger partial charge on any atom is -0.484 e. The molecule has 4 nitrogen and oxygen atoms in total. The number of aliphatic hydroxyl groups is 1. The molecule has 1 amide bonds. The van der Waals surface area contributed by atoms with Crippen molar-refractivity contribution in [1.82, 2.24) is 5.32 Å². The van der Waals surface area contributed by atoms with Gasteiger partial charge < -0.3 is 15.2 Å². The lowest BCUT2D eigenvalue weighted by atomic mass is 10.2. The number of nitrogens with one attached hydrogen (secondary N) is 1. The Balaban J connectivity index is 2.33. The first-order valence-corrected chi connectivity index (χ1v) is 6.27. The molecule has 0 radical (unpaired) electrons. The molecule has 0 aliphatic carbocycles. The molecule has 0 saturated carbocycles. The fourth-order valence-electron chi connectivity index (χ4n) is 1.66. The van der Waals surface area contributed by atoms with Gasteiger partial charge in [0.1, 0.15) is 5.75 Å². The minimum atomic E-state index is -0.109. The molecule has 1 unspecified atom stereocenters. The molecule has 1 aromatic carbocycles. The van der Waals surface area contributed by atoms with Gasteiger partial charge in [0.25, 0.3) is 5.91 Å². The molecule has 0 aromatic heterocycles. The zero-order valence-electron chi connectivity index (χ0n) is 11.0. The summed E-state index contributed by atoms with van der Waals surface area (Å²) in [5.41, 5.74) is 0.823. The van der Waals surface area contributed by atoms with E-state index in [0.717, 1.165) is 18.4 Å². The van der Waals surface area contributed by atoms with E-state index in [2.05, 4.69) is 12.2 Å². The quantitative estimate of drug-likeness (QED) is 0.777. The maximum atomic E-state index is 11.5. The Morgan fingerprint density at radius 1 is 1.39 bits per heavy atom. The number of carbonyl (C=O) groups excluding carboxylic acids is 1. The summed E-state index contributed by atoms with van der Waals surface area (Å²) in [4.78, 5) is 11.5. The Bertz CT molecular complexity index is 362. The zero-order chi connectivity index (χ0) is 13.4. The van der Waals surface area contributed by atoms with Gasteiger partial charge in [-0.15, -0.1) is 0 Å². The standard InChI is InChI=1S/C14H21NO3/c1-3-4-11(2)15-14(17)10-18-13-7-5-12(9-16)6-8-13/h5-8,11,16H,3-4,9-10H2,1-2H3,(H,15,17). The van der Waals surface area contributed by atoms with Crippen molar-refractivity contribution in [1.29, 1.82) is 0 Å². The van der Waals surface area contributed by atoms with Crippen molar-refractivity contribution in [3.8, 4) is 5.75 Å². The molecule has 1 aromatic rings. The van der Waals surface area contributed by atoms with Gasteiger partial charge in [-0.1, -0.05) is 25.5 Å². The van der Waals surface area contributed by atoms with Gasteiger partial charge in [0.2, 0.25) is 0 Å². The number of hydrogen-bond donors (Lipinski definition) is 2. The topological polar surface area (TPSA) is 58.6 Å². The summed E-state index contributed by atoms with van der Waals surface area (Å²) in [6.45, 7) is 4.10. The number of ether oxygens (including phenoxy) is 1. The van der Waals surface area contributed by atoms with Gasteiger partial charge in [0, 0.05) is 6.04 Å². The predicted molar refractivity (Wildman–Crippen MR) is 70.4 cm³/mol. The van der Waals surface area contributed by atoms with Crippen LogP contribution >= 0.6 is 0 Å². The first kappa shape index (κ1) is 14.5. The second-order valence-corrected chi connectivity index (χ2v) is 4.35. The number of carbonyl (C=O) groups is 1. The van der Waals surface area contributed by atoms with E-state index in [0.29, 0.717) is 5.75 Å². The van der Waals surface area contributed by atoms with Gasteiger partial charge in [-0.25, -0.2) is 0 Å². The van der Waals surface area contributed by atoms with Gasteiger partial charge in [0.15, 0.2) is 6.61 Å². The second-order valence-electron chi connectivity index (χ2n) is 4.35. The Morgan fingerprint density at radius 3 is 2.61 bits per heavy atom. The maximum Gasteiger partial charge on any atom is 0.258 e. The monoisotopic (exact) mass is 251 g/mol. The van der Waals surface area contributed by atoms with E-state index in [1.165, 1.54) is 0 Å². The summed E-state index contributed by atoms with van der Waals surface area (Å²) in [6.07, 6.45) is 2.02. The van der Waals surface area contributed by atoms with E-state index >= 15 is 0 Å². The normalized spacial score (nSPS) is 11.9. The number of benzene rings is 1. The highest BCUT2D eigenvalue weighted by Crippen LogP contribution is 2.11. The molecular formula is C14H21NO3. The highest BCUT2D eigenvalue weighted by atomic mass is 16.5. The van der Waals surface area contributed by atoms with Crippen LogP contribution in [-0.2, 0) is 11.4 Å². The van der Waals surface area contributed by atoms with Crippen LogP contribution in [0.25, 0.3) is 0 Å². The van der Waals surface area contributed by atoms with Crippen LogP contribution < -0.4 is 10.1 Å². The fourth-order valence-corrected chi connectivity index (χ4v) is 1.66. The SMILES string of the molecule is CCCC(C)NC(=O)COc1ccc(CO)cc1. The molecule has 4 heteroatoms. The number of hydrogen-bond acceptors (Lipinski definition) is 3. The average Bonchev–Trinajstić information content (AvgIpc) is 2.37. The highest BCUT2D eigenvalue weighted by molar-refractivity contribution is 5.77. The average molecular weight is 251 g/mol. The summed E-state index contributed by atoms with van der Waals surface area (Å²) in [7, 11) is 0. The Hall–Kier alpha value is -1.55. The van der Waals surface area contributed by atoms with Crippen LogP contribution in [0.15, 0.2) is 24.3 Å². The molecule has 0 heterocycles. The van der Waals surface area contributed by atoms with Crippen molar-refractivity contribution in [3.63, 3.8) is 0 Å². The van der Waals surface area contributed by atoms with Crippen LogP contribution in [0.5, 0.6) is 5.75 Å². The lowest BCUT2D eigenvalue weighted by Gasteiger charge is -2.13. The number of amides is 1. The molecule has 2 N–H and O–H groups in total. The Kier molecular flexibility index (Phi) is 6.22. The smallest absolute Gasteiger partial charge is 0.258 e. The third kappa shape index (κ3) is 5.19. The van der Waals surface area contributed by atoms with Crippen molar-refractivity contribution in [2.75, 3.05) is 6.61 Å². The van der Waals surface area contributed by atoms with Gasteiger partial charge in [-0.2, -0.15) is 0 Å². The molecule has 1 atom stereocenters. The molecule has 0 aliphatic rings. The maximum absolute atomic E-state index is 11.5. The summed E-state index contributed by atoms with van der Waals surface area (Å²) < 4.78 is 5.35. The molecular weight excluding hydrogens is 230 g/mol. The highest BCUT2D eigenvalue weighted by Gasteiger charge is 2.07. The molecule has 0 fully saturated rings. The molecule has 18 heavy (non-hydrogen) atoms. The third-order valence-corrected chi connectivity index (χ3v) is 2.60. The molecule has 0 spiro atoms. The largest absolute Gasteiger partial charge is 0.484 e. The predicted octanol–water partition coefficient (Wildman–Crippen LogP) is 1.86. The van der Waals surface area contributed by atoms with Gasteiger partial charge >= 0.3 is 0 Å². The molecule has 0 aliphatic heterocycles. The summed E-state index contributed by atoms with van der Waals surface area (Å²) in [5.74, 6) is 0.521. The molecule has 1 rings (SSSR count). The lowest BCUT2D eigenvalue weighted by Crippen LogP contribution is -2.35. The van der Waals surface area contributed by atoms with Crippen LogP contribution in [0.4, 0.5) is 0 Å². The zero-order valence-corrected chi connectivity index (χ0v) is 11.0. The van der Waals surface area contributed by atoms with E-state index < -0.39 is 0 Å². The molecule has 0 saturated heterocycles. The van der Waals surface area contributed by atoms with Crippen LogP contribution in [0.1, 0.15) is 32.3 Å². The number of rotatable bonds is 7. The van der Waals surface area contributed by atoms with Crippen molar-refractivity contribution in [3.05, 3.63) is 29.8 Å².